The third-order valence-corrected chi connectivity index (χ3v) is 2.78. The number of nitrogens with zero attached hydrogens (tertiary/aromatic N) is 2. The Labute approximate surface area is 94.0 Å². The molecule has 0 aliphatic heterocycles. The van der Waals surface area contributed by atoms with Crippen LogP contribution in [-0.2, 0) is 11.2 Å². The zero-order valence-electron chi connectivity index (χ0n) is 8.80. The van der Waals surface area contributed by atoms with Crippen LogP contribution in [0.5, 0.6) is 0 Å². The quantitative estimate of drug-likeness (QED) is 0.729. The van der Waals surface area contributed by atoms with Crippen molar-refractivity contribution in [1.82, 2.24) is 15.5 Å². The van der Waals surface area contributed by atoms with E-state index in [2.05, 4.69) is 28.1 Å². The van der Waals surface area contributed by atoms with Crippen LogP contribution in [0.4, 0.5) is 0 Å². The number of carbonyl (C=O) groups excluding carboxylic acids is 1. The first-order valence-electron chi connectivity index (χ1n) is 4.82. The molecule has 1 aromatic rings. The smallest absolute Gasteiger partial charge is 0.233 e. The molecule has 5 nitrogen and oxygen atoms in total. The second-order valence-corrected chi connectivity index (χ2v) is 4.12. The van der Waals surface area contributed by atoms with Crippen molar-refractivity contribution in [3.63, 3.8) is 0 Å². The lowest BCUT2D eigenvalue weighted by Gasteiger charge is -2.13. The fourth-order valence-corrected chi connectivity index (χ4v) is 1.10. The van der Waals surface area contributed by atoms with Crippen molar-refractivity contribution in [2.75, 3.05) is 6.54 Å². The molecule has 1 aromatic heterocycles. The standard InChI is InChI=1S/C9H15N3O2S/c1-6(2)8(15)9(13)10-4-3-7-11-5-12-14-7/h5-6,8,15H,3-4H2,1-2H3,(H,10,13). The van der Waals surface area contributed by atoms with Crippen LogP contribution in [0.2, 0.25) is 0 Å². The molecule has 1 amide bonds. The van der Waals surface area contributed by atoms with E-state index in [1.54, 1.807) is 0 Å². The van der Waals surface area contributed by atoms with Gasteiger partial charge in [-0.15, -0.1) is 0 Å². The van der Waals surface area contributed by atoms with Crippen molar-refractivity contribution >= 4 is 18.5 Å². The number of aromatic nitrogens is 2. The summed E-state index contributed by atoms with van der Waals surface area (Å²) in [4.78, 5) is 15.3. The molecule has 0 saturated carbocycles. The summed E-state index contributed by atoms with van der Waals surface area (Å²) < 4.78 is 4.79. The number of carbonyl (C=O) groups is 1. The topological polar surface area (TPSA) is 68.0 Å². The van der Waals surface area contributed by atoms with Crippen LogP contribution >= 0.6 is 12.6 Å². The third kappa shape index (κ3) is 3.91. The fourth-order valence-electron chi connectivity index (χ4n) is 1.01. The minimum Gasteiger partial charge on any atom is -0.355 e. The van der Waals surface area contributed by atoms with E-state index < -0.39 is 0 Å². The summed E-state index contributed by atoms with van der Waals surface area (Å²) in [6.45, 7) is 4.40. The lowest BCUT2D eigenvalue weighted by molar-refractivity contribution is -0.121. The van der Waals surface area contributed by atoms with Gasteiger partial charge in [0.25, 0.3) is 0 Å². The van der Waals surface area contributed by atoms with E-state index in [0.717, 1.165) is 0 Å². The van der Waals surface area contributed by atoms with Crippen molar-refractivity contribution in [1.29, 1.82) is 0 Å². The van der Waals surface area contributed by atoms with Gasteiger partial charge in [0.15, 0.2) is 6.33 Å². The van der Waals surface area contributed by atoms with Gasteiger partial charge in [-0.1, -0.05) is 19.0 Å². The first-order chi connectivity index (χ1) is 7.11. The maximum Gasteiger partial charge on any atom is 0.233 e. The van der Waals surface area contributed by atoms with Gasteiger partial charge in [0.2, 0.25) is 11.8 Å². The summed E-state index contributed by atoms with van der Waals surface area (Å²) >= 11 is 4.20. The predicted molar refractivity (Wildman–Crippen MR) is 58.6 cm³/mol. The Morgan fingerprint density at radius 1 is 1.67 bits per heavy atom. The molecule has 0 radical (unpaired) electrons. The molecule has 15 heavy (non-hydrogen) atoms. The van der Waals surface area contributed by atoms with Crippen molar-refractivity contribution in [3.05, 3.63) is 12.2 Å². The van der Waals surface area contributed by atoms with E-state index in [1.165, 1.54) is 6.33 Å². The van der Waals surface area contributed by atoms with Gasteiger partial charge in [0, 0.05) is 13.0 Å². The molecular formula is C9H15N3O2S. The monoisotopic (exact) mass is 229 g/mol. The molecular weight excluding hydrogens is 214 g/mol. The molecule has 0 aliphatic carbocycles. The van der Waals surface area contributed by atoms with E-state index in [1.807, 2.05) is 13.8 Å². The lowest BCUT2D eigenvalue weighted by atomic mass is 10.1. The number of nitrogens with one attached hydrogen (secondary N) is 1. The molecule has 1 unspecified atom stereocenters. The molecule has 84 valence electrons. The minimum atomic E-state index is -0.271. The van der Waals surface area contributed by atoms with E-state index in [9.17, 15) is 4.79 Å². The maximum absolute atomic E-state index is 11.5. The van der Waals surface area contributed by atoms with Crippen LogP contribution in [0, 0.1) is 5.92 Å². The number of rotatable bonds is 5. The lowest BCUT2D eigenvalue weighted by Crippen LogP contribution is -2.35. The Morgan fingerprint density at radius 3 is 2.93 bits per heavy atom. The van der Waals surface area contributed by atoms with Gasteiger partial charge in [0.05, 0.1) is 5.25 Å². The highest BCUT2D eigenvalue weighted by Gasteiger charge is 2.16. The van der Waals surface area contributed by atoms with E-state index >= 15 is 0 Å². The van der Waals surface area contributed by atoms with Gasteiger partial charge < -0.3 is 9.84 Å². The summed E-state index contributed by atoms with van der Waals surface area (Å²) in [5.41, 5.74) is 0. The Morgan fingerprint density at radius 2 is 2.40 bits per heavy atom. The molecule has 0 bridgehead atoms. The highest BCUT2D eigenvalue weighted by atomic mass is 32.1. The summed E-state index contributed by atoms with van der Waals surface area (Å²) in [5.74, 6) is 0.681. The van der Waals surface area contributed by atoms with Gasteiger partial charge in [-0.3, -0.25) is 4.79 Å². The Hall–Kier alpha value is -1.04. The molecule has 1 atom stereocenters. The molecule has 0 fully saturated rings. The molecule has 1 heterocycles. The first-order valence-corrected chi connectivity index (χ1v) is 5.34. The zero-order valence-corrected chi connectivity index (χ0v) is 9.70. The van der Waals surface area contributed by atoms with Crippen molar-refractivity contribution < 1.29 is 9.32 Å². The average molecular weight is 229 g/mol. The summed E-state index contributed by atoms with van der Waals surface area (Å²) in [6.07, 6.45) is 1.89. The molecule has 0 aromatic carbocycles. The number of thiol groups is 1. The fraction of sp³-hybridized carbons (Fsp3) is 0.667. The van der Waals surface area contributed by atoms with Gasteiger partial charge in [0.1, 0.15) is 0 Å². The minimum absolute atomic E-state index is 0.0622. The van der Waals surface area contributed by atoms with Gasteiger partial charge in [-0.25, -0.2) is 0 Å². The summed E-state index contributed by atoms with van der Waals surface area (Å²) in [6, 6.07) is 0. The summed E-state index contributed by atoms with van der Waals surface area (Å²) in [7, 11) is 0. The number of amides is 1. The van der Waals surface area contributed by atoms with Gasteiger partial charge in [-0.05, 0) is 5.92 Å². The zero-order chi connectivity index (χ0) is 11.3. The molecule has 1 N–H and O–H groups in total. The van der Waals surface area contributed by atoms with E-state index in [-0.39, 0.29) is 17.1 Å². The van der Waals surface area contributed by atoms with E-state index in [0.29, 0.717) is 18.9 Å². The Balaban J connectivity index is 2.23. The molecule has 0 aliphatic rings. The normalized spacial score (nSPS) is 12.8. The summed E-state index contributed by atoms with van der Waals surface area (Å²) in [5, 5.41) is 5.96. The molecule has 6 heteroatoms. The van der Waals surface area contributed by atoms with Crippen LogP contribution in [0.3, 0.4) is 0 Å². The third-order valence-electron chi connectivity index (χ3n) is 1.95. The van der Waals surface area contributed by atoms with Crippen LogP contribution in [-0.4, -0.2) is 27.8 Å². The van der Waals surface area contributed by atoms with Crippen LogP contribution in [0.15, 0.2) is 10.9 Å². The Bertz CT molecular complexity index is 300. The van der Waals surface area contributed by atoms with Gasteiger partial charge in [-0.2, -0.15) is 17.6 Å². The highest BCUT2D eigenvalue weighted by Crippen LogP contribution is 2.08. The van der Waals surface area contributed by atoms with Crippen molar-refractivity contribution in [2.45, 2.75) is 25.5 Å². The number of hydrogen-bond donors (Lipinski definition) is 2. The van der Waals surface area contributed by atoms with Crippen molar-refractivity contribution in [3.8, 4) is 0 Å². The Kier molecular flexibility index (Phi) is 4.61. The van der Waals surface area contributed by atoms with E-state index in [4.69, 9.17) is 4.52 Å². The predicted octanol–water partition coefficient (Wildman–Crippen LogP) is 0.683. The van der Waals surface area contributed by atoms with Gasteiger partial charge >= 0.3 is 0 Å². The number of hydrogen-bond acceptors (Lipinski definition) is 5. The molecule has 0 saturated heterocycles. The van der Waals surface area contributed by atoms with Crippen LogP contribution in [0.1, 0.15) is 19.7 Å². The first kappa shape index (κ1) is 12.0. The van der Waals surface area contributed by atoms with Crippen LogP contribution in [0.25, 0.3) is 0 Å². The van der Waals surface area contributed by atoms with Crippen molar-refractivity contribution in [2.24, 2.45) is 5.92 Å². The maximum atomic E-state index is 11.5. The second-order valence-electron chi connectivity index (χ2n) is 3.56. The second kappa shape index (κ2) is 5.75. The average Bonchev–Trinajstić information content (AvgIpc) is 2.69. The molecule has 0 spiro atoms. The largest absolute Gasteiger partial charge is 0.355 e. The SMILES string of the molecule is CC(C)C(S)C(=O)NCCc1ncno1. The van der Waals surface area contributed by atoms with Crippen LogP contribution < -0.4 is 5.32 Å². The highest BCUT2D eigenvalue weighted by molar-refractivity contribution is 7.81. The molecule has 1 rings (SSSR count).